The van der Waals surface area contributed by atoms with Gasteiger partial charge in [-0.2, -0.15) is 0 Å². The first-order chi connectivity index (χ1) is 13.2. The van der Waals surface area contributed by atoms with Crippen LogP contribution in [0, 0.1) is 0 Å². The second kappa shape index (κ2) is 7.55. The van der Waals surface area contributed by atoms with Crippen molar-refractivity contribution in [1.82, 2.24) is 0 Å². The van der Waals surface area contributed by atoms with Gasteiger partial charge in [0.05, 0.1) is 11.5 Å². The maximum Gasteiger partial charge on any atom is 0.366 e. The highest BCUT2D eigenvalue weighted by atomic mass is 31.2. The summed E-state index contributed by atoms with van der Waals surface area (Å²) < 4.78 is 21.8. The van der Waals surface area contributed by atoms with Crippen molar-refractivity contribution in [3.05, 3.63) is 46.6 Å². The van der Waals surface area contributed by atoms with Gasteiger partial charge in [0.25, 0.3) is 0 Å². The fraction of sp³-hybridized carbons (Fsp3) is 0.167. The average molecular weight is 408 g/mol. The first-order valence-electron chi connectivity index (χ1n) is 8.22. The fourth-order valence-corrected chi connectivity index (χ4v) is 3.34. The quantitative estimate of drug-likeness (QED) is 0.273. The molecule has 4 N–H and O–H groups in total. The Hall–Kier alpha value is -3.00. The van der Waals surface area contributed by atoms with Gasteiger partial charge < -0.3 is 29.5 Å². The normalized spacial score (nSPS) is 13.4. The van der Waals surface area contributed by atoms with Crippen LogP contribution in [-0.2, 0) is 9.24 Å². The zero-order valence-electron chi connectivity index (χ0n) is 14.7. The van der Waals surface area contributed by atoms with Gasteiger partial charge in [-0.3, -0.25) is 9.36 Å². The summed E-state index contributed by atoms with van der Waals surface area (Å²) in [5.74, 6) is -1.78. The molecule has 1 aromatic heterocycles. The van der Waals surface area contributed by atoms with E-state index in [1.54, 1.807) is 6.92 Å². The topological polar surface area (TPSA) is 147 Å². The SMILES string of the molecule is CCCP(=O)(O)OOc1cc(-c2oc3cc(O)ccc3c(=O)c2O)ccc1O. The molecule has 10 heteroatoms. The van der Waals surface area contributed by atoms with Gasteiger partial charge in [-0.15, -0.1) is 0 Å². The highest BCUT2D eigenvalue weighted by Crippen LogP contribution is 2.44. The standard InChI is InChI=1S/C18H17O9P/c1-2-7-28(23,24)27-26-15-8-10(3-6-13(15)20)18-17(22)16(21)12-5-4-11(19)9-14(12)25-18/h3-6,8-9,19-20,22H,2,7H2,1H3,(H,23,24). The number of aromatic hydroxyl groups is 3. The Balaban J connectivity index is 2.04. The van der Waals surface area contributed by atoms with Crippen molar-refractivity contribution in [2.75, 3.05) is 6.16 Å². The van der Waals surface area contributed by atoms with Crippen LogP contribution in [0.4, 0.5) is 0 Å². The van der Waals surface area contributed by atoms with E-state index in [1.165, 1.54) is 30.3 Å². The molecule has 1 unspecified atom stereocenters. The molecule has 0 spiro atoms. The molecule has 0 saturated heterocycles. The molecule has 0 aliphatic rings. The van der Waals surface area contributed by atoms with Crippen molar-refractivity contribution in [2.45, 2.75) is 13.3 Å². The van der Waals surface area contributed by atoms with Crippen LogP contribution in [0.2, 0.25) is 0 Å². The molecule has 9 nitrogen and oxygen atoms in total. The van der Waals surface area contributed by atoms with Crippen LogP contribution in [0.25, 0.3) is 22.3 Å². The van der Waals surface area contributed by atoms with Crippen molar-refractivity contribution in [3.63, 3.8) is 0 Å². The zero-order valence-corrected chi connectivity index (χ0v) is 15.6. The lowest BCUT2D eigenvalue weighted by atomic mass is 10.1. The van der Waals surface area contributed by atoms with Gasteiger partial charge in [0.1, 0.15) is 11.3 Å². The zero-order chi connectivity index (χ0) is 20.5. The molecule has 148 valence electrons. The number of fused-ring (bicyclic) bond motifs is 1. The first-order valence-corrected chi connectivity index (χ1v) is 9.98. The molecule has 0 amide bonds. The lowest BCUT2D eigenvalue weighted by Crippen LogP contribution is -2.03. The average Bonchev–Trinajstić information content (AvgIpc) is 2.64. The summed E-state index contributed by atoms with van der Waals surface area (Å²) in [6.07, 6.45) is 0.239. The maximum absolute atomic E-state index is 12.3. The van der Waals surface area contributed by atoms with Gasteiger partial charge in [-0.25, -0.2) is 0 Å². The van der Waals surface area contributed by atoms with E-state index in [9.17, 15) is 29.6 Å². The minimum absolute atomic E-state index is 0.0346. The third-order valence-corrected chi connectivity index (χ3v) is 5.14. The van der Waals surface area contributed by atoms with Gasteiger partial charge in [0, 0.05) is 11.6 Å². The van der Waals surface area contributed by atoms with E-state index < -0.39 is 24.5 Å². The minimum atomic E-state index is -4.00. The third-order valence-electron chi connectivity index (χ3n) is 3.82. The molecule has 0 bridgehead atoms. The molecule has 3 aromatic rings. The Morgan fingerprint density at radius 2 is 1.86 bits per heavy atom. The number of rotatable bonds is 6. The molecule has 0 saturated carbocycles. The molecular formula is C18H17O9P. The minimum Gasteiger partial charge on any atom is -0.508 e. The summed E-state index contributed by atoms with van der Waals surface area (Å²) in [6.45, 7) is 1.69. The third kappa shape index (κ3) is 3.96. The Labute approximate surface area is 158 Å². The Morgan fingerprint density at radius 3 is 2.57 bits per heavy atom. The summed E-state index contributed by atoms with van der Waals surface area (Å²) >= 11 is 0. The predicted molar refractivity (Wildman–Crippen MR) is 99.6 cm³/mol. The van der Waals surface area contributed by atoms with Crippen LogP contribution >= 0.6 is 7.60 Å². The molecule has 0 aliphatic heterocycles. The van der Waals surface area contributed by atoms with Crippen molar-refractivity contribution in [3.8, 4) is 34.3 Å². The van der Waals surface area contributed by atoms with Gasteiger partial charge in [0.2, 0.25) is 16.9 Å². The summed E-state index contributed by atoms with van der Waals surface area (Å²) in [6, 6.07) is 7.47. The van der Waals surface area contributed by atoms with Gasteiger partial charge in [-0.1, -0.05) is 11.6 Å². The largest absolute Gasteiger partial charge is 0.508 e. The number of phenols is 2. The molecule has 2 aromatic carbocycles. The van der Waals surface area contributed by atoms with Crippen LogP contribution in [0.15, 0.2) is 45.6 Å². The Kier molecular flexibility index (Phi) is 5.33. The monoisotopic (exact) mass is 408 g/mol. The first kappa shape index (κ1) is 19.8. The maximum atomic E-state index is 12.3. The Bertz CT molecular complexity index is 1140. The van der Waals surface area contributed by atoms with E-state index in [4.69, 9.17) is 9.30 Å². The summed E-state index contributed by atoms with van der Waals surface area (Å²) in [4.78, 5) is 26.7. The van der Waals surface area contributed by atoms with Crippen LogP contribution in [0.3, 0.4) is 0 Å². The molecule has 0 aliphatic carbocycles. The van der Waals surface area contributed by atoms with Gasteiger partial charge in [-0.05, 0) is 36.8 Å². The highest BCUT2D eigenvalue weighted by Gasteiger charge is 2.22. The van der Waals surface area contributed by atoms with E-state index in [0.29, 0.717) is 6.42 Å². The van der Waals surface area contributed by atoms with Crippen molar-refractivity contribution < 1.29 is 38.8 Å². The van der Waals surface area contributed by atoms with E-state index in [2.05, 4.69) is 4.67 Å². The molecule has 0 fully saturated rings. The van der Waals surface area contributed by atoms with Crippen molar-refractivity contribution in [1.29, 1.82) is 0 Å². The number of hydrogen-bond acceptors (Lipinski definition) is 8. The molecule has 28 heavy (non-hydrogen) atoms. The number of hydrogen-bond donors (Lipinski definition) is 4. The lowest BCUT2D eigenvalue weighted by molar-refractivity contribution is -0.110. The second-order valence-electron chi connectivity index (χ2n) is 5.99. The van der Waals surface area contributed by atoms with Crippen LogP contribution in [0.5, 0.6) is 23.0 Å². The molecule has 1 atom stereocenters. The predicted octanol–water partition coefficient (Wildman–Crippen LogP) is 3.48. The van der Waals surface area contributed by atoms with Crippen molar-refractivity contribution in [2.24, 2.45) is 0 Å². The smallest absolute Gasteiger partial charge is 0.366 e. The van der Waals surface area contributed by atoms with E-state index in [-0.39, 0.29) is 40.0 Å². The van der Waals surface area contributed by atoms with E-state index in [0.717, 1.165) is 6.07 Å². The Morgan fingerprint density at radius 1 is 1.11 bits per heavy atom. The van der Waals surface area contributed by atoms with Crippen LogP contribution in [0.1, 0.15) is 13.3 Å². The highest BCUT2D eigenvalue weighted by molar-refractivity contribution is 7.52. The van der Waals surface area contributed by atoms with E-state index >= 15 is 0 Å². The summed E-state index contributed by atoms with van der Waals surface area (Å²) in [5, 5.41) is 29.7. The summed E-state index contributed by atoms with van der Waals surface area (Å²) in [7, 11) is -4.00. The lowest BCUT2D eigenvalue weighted by Gasteiger charge is -2.12. The van der Waals surface area contributed by atoms with E-state index in [1.807, 2.05) is 0 Å². The van der Waals surface area contributed by atoms with Crippen LogP contribution in [-0.4, -0.2) is 26.4 Å². The second-order valence-corrected chi connectivity index (χ2v) is 7.86. The van der Waals surface area contributed by atoms with Crippen molar-refractivity contribution >= 4 is 18.6 Å². The molecule has 1 heterocycles. The molecule has 0 radical (unpaired) electrons. The van der Waals surface area contributed by atoms with Crippen LogP contribution < -0.4 is 10.3 Å². The van der Waals surface area contributed by atoms with Gasteiger partial charge in [0.15, 0.2) is 11.5 Å². The number of phenolic OH excluding ortho intramolecular Hbond substituents is 2. The molecule has 3 rings (SSSR count). The fourth-order valence-electron chi connectivity index (χ4n) is 2.51. The van der Waals surface area contributed by atoms with Gasteiger partial charge >= 0.3 is 7.60 Å². The molecular weight excluding hydrogens is 391 g/mol. The number of benzene rings is 2. The summed E-state index contributed by atoms with van der Waals surface area (Å²) in [5.41, 5.74) is -0.558.